The smallest absolute Gasteiger partial charge is 0.416 e. The summed E-state index contributed by atoms with van der Waals surface area (Å²) in [5, 5.41) is 2.40. The second-order valence-electron chi connectivity index (χ2n) is 7.48. The standard InChI is InChI=1S/C25H21F3N2O3S/c1-2-33-21-9-4-3-8-20(21)30-22(31)15-34-24(30)17-6-5-7-19(14-17)29-23(32)16-10-12-18(13-11-16)25(26,27)28/h3-14,24H,2,15H2,1H3,(H,29,32). The van der Waals surface area contributed by atoms with E-state index in [-0.39, 0.29) is 16.8 Å². The number of benzene rings is 3. The number of carbonyl (C=O) groups is 2. The summed E-state index contributed by atoms with van der Waals surface area (Å²) in [6.45, 7) is 2.33. The number of hydrogen-bond acceptors (Lipinski definition) is 4. The molecule has 2 amide bonds. The van der Waals surface area contributed by atoms with E-state index in [1.165, 1.54) is 11.8 Å². The predicted octanol–water partition coefficient (Wildman–Crippen LogP) is 6.14. The number of ether oxygens (including phenoxy) is 1. The maximum Gasteiger partial charge on any atom is 0.416 e. The van der Waals surface area contributed by atoms with Crippen LogP contribution in [0.5, 0.6) is 5.75 Å². The Morgan fingerprint density at radius 3 is 2.53 bits per heavy atom. The lowest BCUT2D eigenvalue weighted by Crippen LogP contribution is -2.28. The molecule has 0 aliphatic carbocycles. The van der Waals surface area contributed by atoms with Crippen LogP contribution in [-0.2, 0) is 11.0 Å². The molecule has 5 nitrogen and oxygen atoms in total. The van der Waals surface area contributed by atoms with Crippen LogP contribution in [0, 0.1) is 0 Å². The first kappa shape index (κ1) is 23.7. The van der Waals surface area contributed by atoms with E-state index in [0.717, 1.165) is 29.8 Å². The lowest BCUT2D eigenvalue weighted by atomic mass is 10.1. The molecule has 1 aliphatic rings. The van der Waals surface area contributed by atoms with Crippen molar-refractivity contribution in [1.29, 1.82) is 0 Å². The third-order valence-corrected chi connectivity index (χ3v) is 6.41. The van der Waals surface area contributed by atoms with Crippen LogP contribution in [-0.4, -0.2) is 24.2 Å². The van der Waals surface area contributed by atoms with Gasteiger partial charge in [0.15, 0.2) is 0 Å². The second kappa shape index (κ2) is 9.80. The number of amides is 2. The zero-order valence-electron chi connectivity index (χ0n) is 18.1. The van der Waals surface area contributed by atoms with Crippen molar-refractivity contribution in [3.05, 3.63) is 89.5 Å². The Kier molecular flexibility index (Phi) is 6.83. The summed E-state index contributed by atoms with van der Waals surface area (Å²) in [6.07, 6.45) is -4.47. The van der Waals surface area contributed by atoms with Crippen LogP contribution >= 0.6 is 11.8 Å². The lowest BCUT2D eigenvalue weighted by Gasteiger charge is -2.26. The summed E-state index contributed by atoms with van der Waals surface area (Å²) in [5.41, 5.74) is 1.23. The second-order valence-corrected chi connectivity index (χ2v) is 8.55. The fraction of sp³-hybridized carbons (Fsp3) is 0.200. The minimum absolute atomic E-state index is 0.0543. The molecule has 1 fully saturated rings. The molecule has 1 heterocycles. The fourth-order valence-electron chi connectivity index (χ4n) is 3.65. The molecule has 1 atom stereocenters. The number of nitrogens with zero attached hydrogens (tertiary/aromatic N) is 1. The van der Waals surface area contributed by atoms with E-state index in [9.17, 15) is 22.8 Å². The molecule has 3 aromatic carbocycles. The van der Waals surface area contributed by atoms with E-state index in [0.29, 0.717) is 29.5 Å². The van der Waals surface area contributed by atoms with Crippen molar-refractivity contribution in [2.45, 2.75) is 18.5 Å². The van der Waals surface area contributed by atoms with E-state index in [2.05, 4.69) is 5.32 Å². The van der Waals surface area contributed by atoms with Gasteiger partial charge < -0.3 is 10.1 Å². The number of halogens is 3. The molecule has 9 heteroatoms. The topological polar surface area (TPSA) is 58.6 Å². The molecule has 1 N–H and O–H groups in total. The Morgan fingerprint density at radius 1 is 1.09 bits per heavy atom. The third kappa shape index (κ3) is 5.04. The van der Waals surface area contributed by atoms with Crippen molar-refractivity contribution in [2.75, 3.05) is 22.6 Å². The molecule has 1 saturated heterocycles. The first-order valence-electron chi connectivity index (χ1n) is 10.5. The van der Waals surface area contributed by atoms with Gasteiger partial charge in [-0.05, 0) is 61.0 Å². The predicted molar refractivity (Wildman–Crippen MR) is 126 cm³/mol. The summed E-state index contributed by atoms with van der Waals surface area (Å²) >= 11 is 1.46. The fourth-order valence-corrected chi connectivity index (χ4v) is 4.81. The molecular weight excluding hydrogens is 465 g/mol. The number of thioether (sulfide) groups is 1. The Morgan fingerprint density at radius 2 is 1.82 bits per heavy atom. The van der Waals surface area contributed by atoms with Crippen LogP contribution in [0.25, 0.3) is 0 Å². The van der Waals surface area contributed by atoms with Crippen LogP contribution in [0.2, 0.25) is 0 Å². The number of hydrogen-bond donors (Lipinski definition) is 1. The van der Waals surface area contributed by atoms with Crippen molar-refractivity contribution in [2.24, 2.45) is 0 Å². The molecule has 176 valence electrons. The zero-order chi connectivity index (χ0) is 24.3. The monoisotopic (exact) mass is 486 g/mol. The highest BCUT2D eigenvalue weighted by molar-refractivity contribution is 8.00. The van der Waals surface area contributed by atoms with E-state index < -0.39 is 17.6 Å². The Hall–Kier alpha value is -3.46. The first-order chi connectivity index (χ1) is 16.3. The van der Waals surface area contributed by atoms with Gasteiger partial charge in [-0.2, -0.15) is 13.2 Å². The van der Waals surface area contributed by atoms with Gasteiger partial charge in [-0.15, -0.1) is 11.8 Å². The molecule has 34 heavy (non-hydrogen) atoms. The summed E-state index contributed by atoms with van der Waals surface area (Å²) in [5.74, 6) is 0.325. The number of carbonyl (C=O) groups excluding carboxylic acids is 2. The van der Waals surface area contributed by atoms with Gasteiger partial charge in [0.05, 0.1) is 23.6 Å². The molecule has 0 saturated carbocycles. The van der Waals surface area contributed by atoms with Gasteiger partial charge in [0, 0.05) is 11.3 Å². The van der Waals surface area contributed by atoms with Gasteiger partial charge in [0.2, 0.25) is 5.91 Å². The number of para-hydroxylation sites is 2. The highest BCUT2D eigenvalue weighted by Gasteiger charge is 2.36. The Bertz CT molecular complexity index is 1200. The van der Waals surface area contributed by atoms with Crippen molar-refractivity contribution >= 4 is 35.0 Å². The van der Waals surface area contributed by atoms with Gasteiger partial charge in [-0.1, -0.05) is 24.3 Å². The summed E-state index contributed by atoms with van der Waals surface area (Å²) in [7, 11) is 0. The van der Waals surface area contributed by atoms with Crippen molar-refractivity contribution in [3.63, 3.8) is 0 Å². The average Bonchev–Trinajstić information content (AvgIpc) is 3.20. The Balaban J connectivity index is 1.56. The SMILES string of the molecule is CCOc1ccccc1N1C(=O)CSC1c1cccc(NC(=O)c2ccc(C(F)(F)F)cc2)c1. The van der Waals surface area contributed by atoms with Crippen molar-refractivity contribution in [1.82, 2.24) is 0 Å². The van der Waals surface area contributed by atoms with E-state index >= 15 is 0 Å². The van der Waals surface area contributed by atoms with Gasteiger partial charge in [0.25, 0.3) is 5.91 Å². The molecule has 0 radical (unpaired) electrons. The first-order valence-corrected chi connectivity index (χ1v) is 11.6. The number of anilines is 2. The van der Waals surface area contributed by atoms with Gasteiger partial charge in [0.1, 0.15) is 11.1 Å². The van der Waals surface area contributed by atoms with Crippen molar-refractivity contribution < 1.29 is 27.5 Å². The van der Waals surface area contributed by atoms with Gasteiger partial charge in [-0.25, -0.2) is 0 Å². The molecule has 3 aromatic rings. The maximum atomic E-state index is 12.8. The summed E-state index contributed by atoms with van der Waals surface area (Å²) < 4.78 is 44.0. The van der Waals surface area contributed by atoms with Gasteiger partial charge in [-0.3, -0.25) is 14.5 Å². The molecule has 0 aromatic heterocycles. The van der Waals surface area contributed by atoms with E-state index in [1.807, 2.05) is 37.3 Å². The third-order valence-electron chi connectivity index (χ3n) is 5.20. The largest absolute Gasteiger partial charge is 0.492 e. The number of nitrogens with one attached hydrogen (secondary N) is 1. The lowest BCUT2D eigenvalue weighted by molar-refractivity contribution is -0.137. The quantitative estimate of drug-likeness (QED) is 0.455. The molecule has 0 spiro atoms. The molecular formula is C25H21F3N2O3S. The molecule has 0 bridgehead atoms. The highest BCUT2D eigenvalue weighted by Crippen LogP contribution is 2.45. The zero-order valence-corrected chi connectivity index (χ0v) is 19.0. The minimum Gasteiger partial charge on any atom is -0.492 e. The minimum atomic E-state index is -4.47. The van der Waals surface area contributed by atoms with E-state index in [4.69, 9.17) is 4.74 Å². The normalized spacial score (nSPS) is 15.9. The molecule has 1 aliphatic heterocycles. The average molecular weight is 487 g/mol. The van der Waals surface area contributed by atoms with Crippen LogP contribution in [0.4, 0.5) is 24.5 Å². The van der Waals surface area contributed by atoms with Gasteiger partial charge >= 0.3 is 6.18 Å². The molecule has 4 rings (SSSR count). The maximum absolute atomic E-state index is 12.8. The highest BCUT2D eigenvalue weighted by atomic mass is 32.2. The van der Waals surface area contributed by atoms with Crippen LogP contribution in [0.1, 0.15) is 33.8 Å². The van der Waals surface area contributed by atoms with E-state index in [1.54, 1.807) is 23.1 Å². The summed E-state index contributed by atoms with van der Waals surface area (Å²) in [6, 6.07) is 18.4. The molecule has 1 unspecified atom stereocenters. The van der Waals surface area contributed by atoms with Crippen molar-refractivity contribution in [3.8, 4) is 5.75 Å². The number of rotatable bonds is 6. The summed E-state index contributed by atoms with van der Waals surface area (Å²) in [4.78, 5) is 27.0. The Labute approximate surface area is 198 Å². The van der Waals surface area contributed by atoms with Crippen LogP contribution in [0.3, 0.4) is 0 Å². The van der Waals surface area contributed by atoms with Crippen LogP contribution in [0.15, 0.2) is 72.8 Å². The number of alkyl halides is 3. The van der Waals surface area contributed by atoms with Crippen LogP contribution < -0.4 is 15.0 Å².